The van der Waals surface area contributed by atoms with E-state index in [4.69, 9.17) is 5.73 Å². The number of nitrogens with two attached hydrogens (primary N) is 1. The lowest BCUT2D eigenvalue weighted by Gasteiger charge is -2.35. The maximum absolute atomic E-state index is 12.4. The Hall–Kier alpha value is -0.870. The molecule has 0 aromatic carbocycles. The van der Waals surface area contributed by atoms with Crippen LogP contribution in [0, 0.1) is 5.92 Å². The van der Waals surface area contributed by atoms with Crippen molar-refractivity contribution in [3.63, 3.8) is 0 Å². The Labute approximate surface area is 107 Å². The van der Waals surface area contributed by atoms with E-state index in [1.807, 2.05) is 16.3 Å². The molecule has 1 aliphatic heterocycles. The molecule has 1 saturated heterocycles. The van der Waals surface area contributed by atoms with Gasteiger partial charge in [-0.3, -0.25) is 4.79 Å². The number of piperidine rings is 1. The third-order valence-electron chi connectivity index (χ3n) is 3.63. The van der Waals surface area contributed by atoms with Crippen LogP contribution in [-0.2, 0) is 6.42 Å². The van der Waals surface area contributed by atoms with Crippen molar-refractivity contribution in [2.24, 2.45) is 11.7 Å². The van der Waals surface area contributed by atoms with Crippen LogP contribution in [0.2, 0.25) is 0 Å². The maximum atomic E-state index is 12.4. The van der Waals surface area contributed by atoms with Crippen molar-refractivity contribution in [3.8, 4) is 0 Å². The summed E-state index contributed by atoms with van der Waals surface area (Å²) in [5, 5.41) is 2.00. The molecular weight excluding hydrogens is 232 g/mol. The Balaban J connectivity index is 2.10. The third-order valence-corrected chi connectivity index (χ3v) is 4.57. The van der Waals surface area contributed by atoms with Crippen LogP contribution < -0.4 is 5.73 Å². The van der Waals surface area contributed by atoms with E-state index < -0.39 is 0 Å². The number of carbonyl (C=O) groups is 1. The number of hydrogen-bond acceptors (Lipinski definition) is 3. The summed E-state index contributed by atoms with van der Waals surface area (Å²) in [6.07, 6.45) is 1.93. The fourth-order valence-electron chi connectivity index (χ4n) is 2.23. The van der Waals surface area contributed by atoms with Gasteiger partial charge in [0, 0.05) is 19.1 Å². The average Bonchev–Trinajstić information content (AvgIpc) is 2.80. The van der Waals surface area contributed by atoms with Crippen molar-refractivity contribution in [3.05, 3.63) is 21.9 Å². The second kappa shape index (κ2) is 5.19. The number of thiophene rings is 1. The first-order valence-electron chi connectivity index (χ1n) is 6.24. The molecule has 2 unspecified atom stereocenters. The van der Waals surface area contributed by atoms with Crippen LogP contribution in [0.1, 0.15) is 35.5 Å². The number of hydrogen-bond donors (Lipinski definition) is 1. The van der Waals surface area contributed by atoms with Crippen LogP contribution in [0.3, 0.4) is 0 Å². The van der Waals surface area contributed by atoms with Gasteiger partial charge in [0.25, 0.3) is 5.91 Å². The zero-order valence-corrected chi connectivity index (χ0v) is 11.3. The molecule has 1 fully saturated rings. The fourth-order valence-corrected chi connectivity index (χ4v) is 3.19. The molecule has 2 heterocycles. The first-order valence-corrected chi connectivity index (χ1v) is 7.12. The molecule has 0 spiro atoms. The lowest BCUT2D eigenvalue weighted by atomic mass is 9.94. The highest BCUT2D eigenvalue weighted by atomic mass is 32.1. The van der Waals surface area contributed by atoms with Gasteiger partial charge in [0.1, 0.15) is 0 Å². The monoisotopic (exact) mass is 252 g/mol. The summed E-state index contributed by atoms with van der Waals surface area (Å²) in [4.78, 5) is 15.2. The molecule has 94 valence electrons. The summed E-state index contributed by atoms with van der Waals surface area (Å²) in [5.74, 6) is 0.687. The Bertz CT molecular complexity index is 402. The van der Waals surface area contributed by atoms with E-state index >= 15 is 0 Å². The van der Waals surface area contributed by atoms with Crippen LogP contribution in [0.5, 0.6) is 0 Å². The Kier molecular flexibility index (Phi) is 3.84. The second-order valence-electron chi connectivity index (χ2n) is 4.81. The summed E-state index contributed by atoms with van der Waals surface area (Å²) >= 11 is 1.55. The van der Waals surface area contributed by atoms with Crippen molar-refractivity contribution in [2.75, 3.05) is 13.1 Å². The van der Waals surface area contributed by atoms with Crippen LogP contribution in [0.4, 0.5) is 0 Å². The lowest BCUT2D eigenvalue weighted by Crippen LogP contribution is -2.49. The molecule has 1 amide bonds. The normalized spacial score (nSPS) is 25.0. The van der Waals surface area contributed by atoms with E-state index in [0.717, 1.165) is 29.8 Å². The smallest absolute Gasteiger partial charge is 0.264 e. The number of carbonyl (C=O) groups excluding carboxylic acids is 1. The van der Waals surface area contributed by atoms with E-state index in [0.29, 0.717) is 12.5 Å². The van der Waals surface area contributed by atoms with Crippen LogP contribution >= 0.6 is 11.3 Å². The molecule has 0 aliphatic carbocycles. The Morgan fingerprint density at radius 3 is 3.06 bits per heavy atom. The SMILES string of the molecule is CCc1ccsc1C(=O)N1CCC(C)C(N)C1. The molecule has 2 atom stereocenters. The minimum atomic E-state index is 0.123. The first kappa shape index (κ1) is 12.6. The number of likely N-dealkylation sites (tertiary alicyclic amines) is 1. The summed E-state index contributed by atoms with van der Waals surface area (Å²) in [6, 6.07) is 2.17. The minimum absolute atomic E-state index is 0.123. The second-order valence-corrected chi connectivity index (χ2v) is 5.73. The number of rotatable bonds is 2. The summed E-state index contributed by atoms with van der Waals surface area (Å²) in [6.45, 7) is 5.79. The average molecular weight is 252 g/mol. The van der Waals surface area contributed by atoms with E-state index in [1.54, 1.807) is 11.3 Å². The van der Waals surface area contributed by atoms with Crippen LogP contribution in [-0.4, -0.2) is 29.9 Å². The zero-order valence-electron chi connectivity index (χ0n) is 10.5. The van der Waals surface area contributed by atoms with Crippen LogP contribution in [0.25, 0.3) is 0 Å². The Morgan fingerprint density at radius 1 is 1.65 bits per heavy atom. The molecule has 2 rings (SSSR count). The van der Waals surface area contributed by atoms with Gasteiger partial charge in [0.05, 0.1) is 4.88 Å². The van der Waals surface area contributed by atoms with Crippen molar-refractivity contribution in [2.45, 2.75) is 32.7 Å². The molecule has 17 heavy (non-hydrogen) atoms. The molecule has 0 radical (unpaired) electrons. The standard InChI is InChI=1S/C13H20N2OS/c1-3-10-5-7-17-12(10)13(16)15-6-4-9(2)11(14)8-15/h5,7,9,11H,3-4,6,8,14H2,1-2H3. The molecule has 3 nitrogen and oxygen atoms in total. The van der Waals surface area contributed by atoms with Crippen molar-refractivity contribution >= 4 is 17.2 Å². The van der Waals surface area contributed by atoms with Gasteiger partial charge in [-0.05, 0) is 35.8 Å². The van der Waals surface area contributed by atoms with Crippen molar-refractivity contribution in [1.82, 2.24) is 4.90 Å². The van der Waals surface area contributed by atoms with Gasteiger partial charge in [0.15, 0.2) is 0 Å². The quantitative estimate of drug-likeness (QED) is 0.876. The van der Waals surface area contributed by atoms with Gasteiger partial charge in [-0.15, -0.1) is 11.3 Å². The van der Waals surface area contributed by atoms with Gasteiger partial charge in [0.2, 0.25) is 0 Å². The van der Waals surface area contributed by atoms with Crippen LogP contribution in [0.15, 0.2) is 11.4 Å². The predicted octanol–water partition coefficient (Wildman–Crippen LogP) is 2.12. The lowest BCUT2D eigenvalue weighted by molar-refractivity contribution is 0.0676. The predicted molar refractivity (Wildman–Crippen MR) is 71.4 cm³/mol. The highest BCUT2D eigenvalue weighted by Gasteiger charge is 2.28. The molecule has 0 saturated carbocycles. The maximum Gasteiger partial charge on any atom is 0.264 e. The molecule has 2 N–H and O–H groups in total. The minimum Gasteiger partial charge on any atom is -0.336 e. The van der Waals surface area contributed by atoms with Crippen molar-refractivity contribution < 1.29 is 4.79 Å². The molecule has 4 heteroatoms. The zero-order chi connectivity index (χ0) is 12.4. The Morgan fingerprint density at radius 2 is 2.41 bits per heavy atom. The third kappa shape index (κ3) is 2.53. The first-order chi connectivity index (χ1) is 8.13. The van der Waals surface area contributed by atoms with E-state index in [9.17, 15) is 4.79 Å². The summed E-state index contributed by atoms with van der Waals surface area (Å²) in [5.41, 5.74) is 7.20. The van der Waals surface area contributed by atoms with Gasteiger partial charge in [-0.2, -0.15) is 0 Å². The molecule has 1 aliphatic rings. The van der Waals surface area contributed by atoms with Gasteiger partial charge < -0.3 is 10.6 Å². The molecule has 0 bridgehead atoms. The van der Waals surface area contributed by atoms with Crippen molar-refractivity contribution in [1.29, 1.82) is 0 Å². The van der Waals surface area contributed by atoms with Gasteiger partial charge in [-0.25, -0.2) is 0 Å². The summed E-state index contributed by atoms with van der Waals surface area (Å²) < 4.78 is 0. The van der Waals surface area contributed by atoms with E-state index in [-0.39, 0.29) is 11.9 Å². The van der Waals surface area contributed by atoms with E-state index in [1.165, 1.54) is 0 Å². The summed E-state index contributed by atoms with van der Waals surface area (Å²) in [7, 11) is 0. The number of amides is 1. The largest absolute Gasteiger partial charge is 0.336 e. The highest BCUT2D eigenvalue weighted by molar-refractivity contribution is 7.12. The number of nitrogens with zero attached hydrogens (tertiary/aromatic N) is 1. The number of aryl methyl sites for hydroxylation is 1. The topological polar surface area (TPSA) is 46.3 Å². The van der Waals surface area contributed by atoms with Gasteiger partial charge in [-0.1, -0.05) is 13.8 Å². The van der Waals surface area contributed by atoms with Gasteiger partial charge >= 0.3 is 0 Å². The highest BCUT2D eigenvalue weighted by Crippen LogP contribution is 2.23. The molecular formula is C13H20N2OS. The molecule has 1 aromatic heterocycles. The fraction of sp³-hybridized carbons (Fsp3) is 0.615. The molecule has 1 aromatic rings. The van der Waals surface area contributed by atoms with E-state index in [2.05, 4.69) is 13.8 Å².